The van der Waals surface area contributed by atoms with Crippen LogP contribution in [0.1, 0.15) is 101 Å². The van der Waals surface area contributed by atoms with Crippen LogP contribution in [0.2, 0.25) is 0 Å². The van der Waals surface area contributed by atoms with Crippen molar-refractivity contribution in [1.29, 1.82) is 0 Å². The Bertz CT molecular complexity index is 1800. The van der Waals surface area contributed by atoms with Gasteiger partial charge in [-0.05, 0) is 70.9 Å². The summed E-state index contributed by atoms with van der Waals surface area (Å²) >= 11 is 0. The van der Waals surface area contributed by atoms with Crippen LogP contribution in [-0.4, -0.2) is 90.8 Å². The minimum atomic E-state index is -1.32. The Hall–Kier alpha value is -5.02. The summed E-state index contributed by atoms with van der Waals surface area (Å²) in [7, 11) is 0. The van der Waals surface area contributed by atoms with Crippen molar-refractivity contribution in [1.82, 2.24) is 35.6 Å². The van der Waals surface area contributed by atoms with Gasteiger partial charge >= 0.3 is 12.2 Å². The van der Waals surface area contributed by atoms with E-state index in [0.29, 0.717) is 42.1 Å². The number of rotatable bonds is 5. The molecule has 1 aromatic heterocycles. The molecule has 1 aromatic carbocycles. The predicted molar refractivity (Wildman–Crippen MR) is 187 cm³/mol. The van der Waals surface area contributed by atoms with E-state index in [9.17, 15) is 28.4 Å². The molecule has 3 fully saturated rings. The maximum atomic E-state index is 14.4. The van der Waals surface area contributed by atoms with Crippen molar-refractivity contribution in [3.63, 3.8) is 0 Å². The van der Waals surface area contributed by atoms with Crippen molar-refractivity contribution in [3.8, 4) is 0 Å². The lowest BCUT2D eigenvalue weighted by Gasteiger charge is -2.30. The van der Waals surface area contributed by atoms with Gasteiger partial charge in [-0.3, -0.25) is 29.7 Å². The fraction of sp³-hybridized carbons (Fsp3) is 0.595. The lowest BCUT2D eigenvalue weighted by molar-refractivity contribution is -0.141. The van der Waals surface area contributed by atoms with Gasteiger partial charge in [-0.25, -0.2) is 14.0 Å². The minimum absolute atomic E-state index is 0.0293. The Balaban J connectivity index is 1.12. The van der Waals surface area contributed by atoms with Crippen LogP contribution < -0.4 is 16.0 Å². The quantitative estimate of drug-likeness (QED) is 0.327. The minimum Gasteiger partial charge on any atom is -0.444 e. The third kappa shape index (κ3) is 8.15. The van der Waals surface area contributed by atoms with Crippen LogP contribution in [0.5, 0.6) is 0 Å². The number of anilines is 1. The van der Waals surface area contributed by atoms with Crippen molar-refractivity contribution in [2.45, 2.75) is 127 Å². The number of ether oxygens (including phenoxy) is 2. The monoisotopic (exact) mass is 734 g/mol. The van der Waals surface area contributed by atoms with Crippen molar-refractivity contribution in [3.05, 3.63) is 53.1 Å². The van der Waals surface area contributed by atoms with Crippen LogP contribution >= 0.6 is 0 Å². The molecule has 0 bridgehead atoms. The van der Waals surface area contributed by atoms with Gasteiger partial charge in [0.1, 0.15) is 41.0 Å². The molecule has 2 saturated carbocycles. The second kappa shape index (κ2) is 14.4. The number of aromatic amines is 1. The number of nitrogens with zero attached hydrogens (tertiary/aromatic N) is 4. The average Bonchev–Trinajstić information content (AvgIpc) is 3.87. The maximum Gasteiger partial charge on any atom is 0.410 e. The van der Waals surface area contributed by atoms with E-state index < -0.39 is 65.1 Å². The molecule has 4 heterocycles. The molecule has 16 heteroatoms. The van der Waals surface area contributed by atoms with Gasteiger partial charge in [0.2, 0.25) is 17.8 Å². The van der Waals surface area contributed by atoms with Gasteiger partial charge in [0.25, 0.3) is 5.91 Å². The van der Waals surface area contributed by atoms with Gasteiger partial charge in [-0.15, -0.1) is 5.10 Å². The molecular formula is C37H47FN8O7. The van der Waals surface area contributed by atoms with Crippen LogP contribution in [0.4, 0.5) is 19.9 Å². The van der Waals surface area contributed by atoms with Gasteiger partial charge in [-0.1, -0.05) is 37.1 Å². The van der Waals surface area contributed by atoms with E-state index in [2.05, 4.69) is 31.1 Å². The number of hydrogen-bond acceptors (Lipinski definition) is 9. The van der Waals surface area contributed by atoms with Crippen LogP contribution in [0.3, 0.4) is 0 Å². The number of allylic oxidation sites excluding steroid dienone is 1. The fourth-order valence-corrected chi connectivity index (χ4v) is 7.42. The number of halogens is 1. The first-order valence-corrected chi connectivity index (χ1v) is 18.5. The third-order valence-corrected chi connectivity index (χ3v) is 10.5. The van der Waals surface area contributed by atoms with Crippen LogP contribution in [0.25, 0.3) is 0 Å². The van der Waals surface area contributed by atoms with E-state index in [1.807, 2.05) is 12.2 Å². The number of hydrogen-bond donors (Lipinski definition) is 4. The summed E-state index contributed by atoms with van der Waals surface area (Å²) in [6.45, 7) is 5.21. The molecule has 0 spiro atoms. The number of aromatic nitrogens is 3. The number of carbonyl (C=O) groups is 5. The Labute approximate surface area is 306 Å². The average molecular weight is 735 g/mol. The highest BCUT2D eigenvalue weighted by Crippen LogP contribution is 2.46. The molecule has 3 aliphatic heterocycles. The van der Waals surface area contributed by atoms with Crippen molar-refractivity contribution in [2.24, 2.45) is 5.92 Å². The lowest BCUT2D eigenvalue weighted by Crippen LogP contribution is -2.57. The number of nitrogens with one attached hydrogen (secondary N) is 4. The highest BCUT2D eigenvalue weighted by molar-refractivity contribution is 6.04. The van der Waals surface area contributed by atoms with Crippen LogP contribution in [0, 0.1) is 11.7 Å². The highest BCUT2D eigenvalue weighted by atomic mass is 19.1. The zero-order valence-electron chi connectivity index (χ0n) is 30.3. The molecule has 2 aromatic rings. The standard InChI is InChI=1S/C37H47FN8O7/c1-36(2,3)53-34(50)39-27-13-8-6-4-5-7-11-23-17-37(23,32(49)41-33-40-29(43-44-33)21-14-15-21)42-30(47)28-16-24(19-46(28)31(27)48)52-35(51)45-18-22-10-9-12-26(38)25(22)20-45/h7,9-12,21,23-24,27-28H,4-6,8,13-20H2,1-3H3,(H,39,50)(H,42,47)(H2,40,41,43,44,49)/t23-,24-,27+,28+,37-/m1/s1. The molecule has 5 amide bonds. The Morgan fingerprint density at radius 1 is 1.08 bits per heavy atom. The van der Waals surface area contributed by atoms with Gasteiger partial charge < -0.3 is 25.0 Å². The molecule has 4 N–H and O–H groups in total. The Kier molecular flexibility index (Phi) is 9.89. The molecule has 0 radical (unpaired) electrons. The molecule has 2 aliphatic carbocycles. The van der Waals surface area contributed by atoms with Gasteiger partial charge in [0, 0.05) is 30.4 Å². The van der Waals surface area contributed by atoms with Crippen molar-refractivity contribution >= 4 is 35.9 Å². The summed E-state index contributed by atoms with van der Waals surface area (Å²) in [5.41, 5.74) is -1.04. The smallest absolute Gasteiger partial charge is 0.410 e. The summed E-state index contributed by atoms with van der Waals surface area (Å²) in [5.74, 6) is -1.20. The molecule has 0 unspecified atom stereocenters. The zero-order chi connectivity index (χ0) is 37.5. The summed E-state index contributed by atoms with van der Waals surface area (Å²) in [6, 6.07) is 2.51. The summed E-state index contributed by atoms with van der Waals surface area (Å²) in [6.07, 6.45) is 7.09. The van der Waals surface area contributed by atoms with Crippen molar-refractivity contribution in [2.75, 3.05) is 11.9 Å². The molecule has 5 atom stereocenters. The SMILES string of the molecule is CC(C)(C)OC(=O)N[C@H]1CCCCCC=C[C@@H]2C[C@@]2(C(=O)Nc2n[nH]c(C3CC3)n2)NC(=O)[C@@H]2C[C@@H](OC(=O)N3Cc4cccc(F)c4C3)CN2C1=O. The Morgan fingerprint density at radius 3 is 2.64 bits per heavy atom. The molecule has 284 valence electrons. The van der Waals surface area contributed by atoms with E-state index in [-0.39, 0.29) is 37.9 Å². The van der Waals surface area contributed by atoms with Gasteiger partial charge in [0.05, 0.1) is 13.1 Å². The van der Waals surface area contributed by atoms with Gasteiger partial charge in [0.15, 0.2) is 0 Å². The van der Waals surface area contributed by atoms with E-state index in [4.69, 9.17) is 9.47 Å². The molecular weight excluding hydrogens is 687 g/mol. The highest BCUT2D eigenvalue weighted by Gasteiger charge is 2.61. The molecule has 1 saturated heterocycles. The lowest BCUT2D eigenvalue weighted by atomic mass is 10.0. The number of benzene rings is 1. The second-order valence-corrected chi connectivity index (χ2v) is 15.8. The van der Waals surface area contributed by atoms with E-state index in [1.165, 1.54) is 15.9 Å². The van der Waals surface area contributed by atoms with E-state index >= 15 is 0 Å². The van der Waals surface area contributed by atoms with Crippen molar-refractivity contribution < 1.29 is 37.8 Å². The van der Waals surface area contributed by atoms with Gasteiger partial charge in [-0.2, -0.15) is 4.98 Å². The maximum absolute atomic E-state index is 14.4. The summed E-state index contributed by atoms with van der Waals surface area (Å²) in [4.78, 5) is 76.0. The number of alkyl carbamates (subject to hydrolysis) is 1. The second-order valence-electron chi connectivity index (χ2n) is 15.8. The fourth-order valence-electron chi connectivity index (χ4n) is 7.42. The first-order chi connectivity index (χ1) is 25.3. The molecule has 15 nitrogen and oxygen atoms in total. The first kappa shape index (κ1) is 36.3. The summed E-state index contributed by atoms with van der Waals surface area (Å²) < 4.78 is 25.8. The Morgan fingerprint density at radius 2 is 1.89 bits per heavy atom. The molecule has 5 aliphatic rings. The van der Waals surface area contributed by atoms with E-state index in [1.54, 1.807) is 32.9 Å². The molecule has 7 rings (SSSR count). The predicted octanol–water partition coefficient (Wildman–Crippen LogP) is 4.17. The van der Waals surface area contributed by atoms with Crippen LogP contribution in [0.15, 0.2) is 30.4 Å². The number of H-pyrrole nitrogens is 1. The van der Waals surface area contributed by atoms with E-state index in [0.717, 1.165) is 32.1 Å². The number of fused-ring (bicyclic) bond motifs is 3. The molecule has 53 heavy (non-hydrogen) atoms. The topological polar surface area (TPSA) is 188 Å². The zero-order valence-corrected chi connectivity index (χ0v) is 30.3. The normalized spacial score (nSPS) is 27.4. The van der Waals surface area contributed by atoms with Crippen LogP contribution in [-0.2, 0) is 36.9 Å². The third-order valence-electron chi connectivity index (χ3n) is 10.5. The number of carbonyl (C=O) groups excluding carboxylic acids is 5. The first-order valence-electron chi connectivity index (χ1n) is 18.5. The number of amides is 5. The summed E-state index contributed by atoms with van der Waals surface area (Å²) in [5, 5.41) is 15.5. The largest absolute Gasteiger partial charge is 0.444 e.